The van der Waals surface area contributed by atoms with E-state index in [2.05, 4.69) is 29.6 Å². The fourth-order valence-corrected chi connectivity index (χ4v) is 2.92. The van der Waals surface area contributed by atoms with Crippen molar-refractivity contribution in [2.75, 3.05) is 5.75 Å². The molecule has 0 spiro atoms. The van der Waals surface area contributed by atoms with E-state index < -0.39 is 0 Å². The van der Waals surface area contributed by atoms with E-state index in [1.807, 2.05) is 24.3 Å². The molecule has 0 heterocycles. The number of thioether (sulfide) groups is 1. The topological polar surface area (TPSA) is 41.5 Å². The number of rotatable bonds is 6. The number of nitrogens with zero attached hydrogens (tertiary/aromatic N) is 1. The number of hydrogen-bond acceptors (Lipinski definition) is 3. The second-order valence-corrected chi connectivity index (χ2v) is 6.19. The SMILES string of the molecule is Cc1ccccc1CSCC(=O)NN=Cc1cccc(Cl)c1. The van der Waals surface area contributed by atoms with E-state index >= 15 is 0 Å². The molecule has 114 valence electrons. The van der Waals surface area contributed by atoms with Crippen molar-refractivity contribution in [2.24, 2.45) is 5.10 Å². The van der Waals surface area contributed by atoms with Crippen LogP contribution in [-0.2, 0) is 10.5 Å². The van der Waals surface area contributed by atoms with Gasteiger partial charge < -0.3 is 0 Å². The van der Waals surface area contributed by atoms with Crippen molar-refractivity contribution in [1.82, 2.24) is 5.43 Å². The largest absolute Gasteiger partial charge is 0.272 e. The van der Waals surface area contributed by atoms with Gasteiger partial charge >= 0.3 is 0 Å². The Kier molecular flexibility index (Phi) is 6.49. The minimum Gasteiger partial charge on any atom is -0.272 e. The predicted molar refractivity (Wildman–Crippen MR) is 94.5 cm³/mol. The molecule has 0 atom stereocenters. The van der Waals surface area contributed by atoms with Crippen molar-refractivity contribution >= 4 is 35.5 Å². The molecule has 22 heavy (non-hydrogen) atoms. The Morgan fingerprint density at radius 1 is 1.27 bits per heavy atom. The second-order valence-electron chi connectivity index (χ2n) is 4.77. The molecule has 2 aromatic carbocycles. The van der Waals surface area contributed by atoms with Gasteiger partial charge in [0.25, 0.3) is 0 Å². The lowest BCUT2D eigenvalue weighted by atomic mass is 10.1. The van der Waals surface area contributed by atoms with Crippen LogP contribution in [0.15, 0.2) is 53.6 Å². The quantitative estimate of drug-likeness (QED) is 0.641. The summed E-state index contributed by atoms with van der Waals surface area (Å²) < 4.78 is 0. The average Bonchev–Trinajstić information content (AvgIpc) is 2.49. The molecular weight excluding hydrogens is 316 g/mol. The monoisotopic (exact) mass is 332 g/mol. The molecule has 0 aliphatic heterocycles. The first-order valence-electron chi connectivity index (χ1n) is 6.85. The predicted octanol–water partition coefficient (Wildman–Crippen LogP) is 4.03. The lowest BCUT2D eigenvalue weighted by Crippen LogP contribution is -2.19. The zero-order valence-corrected chi connectivity index (χ0v) is 13.8. The van der Waals surface area contributed by atoms with E-state index in [0.29, 0.717) is 10.8 Å². The number of hydrogen-bond donors (Lipinski definition) is 1. The summed E-state index contributed by atoms with van der Waals surface area (Å²) in [5.74, 6) is 1.08. The lowest BCUT2D eigenvalue weighted by Gasteiger charge is -2.04. The molecule has 0 unspecified atom stereocenters. The van der Waals surface area contributed by atoms with Gasteiger partial charge in [-0.3, -0.25) is 4.79 Å². The number of carbonyl (C=O) groups excluding carboxylic acids is 1. The molecule has 0 saturated carbocycles. The van der Waals surface area contributed by atoms with E-state index in [1.54, 1.807) is 30.1 Å². The minimum absolute atomic E-state index is 0.114. The van der Waals surface area contributed by atoms with Crippen LogP contribution < -0.4 is 5.43 Å². The lowest BCUT2D eigenvalue weighted by molar-refractivity contribution is -0.118. The maximum absolute atomic E-state index is 11.7. The number of aryl methyl sites for hydroxylation is 1. The maximum Gasteiger partial charge on any atom is 0.250 e. The van der Waals surface area contributed by atoms with Crippen LogP contribution in [0.3, 0.4) is 0 Å². The van der Waals surface area contributed by atoms with Crippen LogP contribution in [0, 0.1) is 6.92 Å². The number of hydrazone groups is 1. The van der Waals surface area contributed by atoms with Crippen LogP contribution in [0.2, 0.25) is 5.02 Å². The van der Waals surface area contributed by atoms with E-state index in [-0.39, 0.29) is 5.91 Å². The number of nitrogens with one attached hydrogen (secondary N) is 1. The summed E-state index contributed by atoms with van der Waals surface area (Å²) in [7, 11) is 0. The second kappa shape index (κ2) is 8.61. The molecule has 5 heteroatoms. The van der Waals surface area contributed by atoms with Gasteiger partial charge in [-0.05, 0) is 35.7 Å². The number of benzene rings is 2. The zero-order valence-electron chi connectivity index (χ0n) is 12.3. The molecule has 2 rings (SSSR count). The van der Waals surface area contributed by atoms with Crippen molar-refractivity contribution in [3.8, 4) is 0 Å². The Morgan fingerprint density at radius 3 is 2.86 bits per heavy atom. The number of amides is 1. The fraction of sp³-hybridized carbons (Fsp3) is 0.176. The molecular formula is C17H17ClN2OS. The number of halogens is 1. The molecule has 1 N–H and O–H groups in total. The van der Waals surface area contributed by atoms with E-state index in [0.717, 1.165) is 11.3 Å². The van der Waals surface area contributed by atoms with Gasteiger partial charge in [0.1, 0.15) is 0 Å². The Balaban J connectivity index is 1.73. The molecule has 3 nitrogen and oxygen atoms in total. The van der Waals surface area contributed by atoms with Crippen LogP contribution in [-0.4, -0.2) is 17.9 Å². The summed E-state index contributed by atoms with van der Waals surface area (Å²) >= 11 is 7.44. The molecule has 2 aromatic rings. The Hall–Kier alpha value is -1.78. The van der Waals surface area contributed by atoms with Gasteiger partial charge in [-0.2, -0.15) is 5.10 Å². The standard InChI is InChI=1S/C17H17ClN2OS/c1-13-5-2-3-7-15(13)11-22-12-17(21)20-19-10-14-6-4-8-16(18)9-14/h2-10H,11-12H2,1H3,(H,20,21). The summed E-state index contributed by atoms with van der Waals surface area (Å²) in [4.78, 5) is 11.7. The normalized spacial score (nSPS) is 10.8. The highest BCUT2D eigenvalue weighted by molar-refractivity contribution is 7.99. The molecule has 0 aliphatic rings. The first-order chi connectivity index (χ1) is 10.6. The van der Waals surface area contributed by atoms with Crippen molar-refractivity contribution < 1.29 is 4.79 Å². The Bertz CT molecular complexity index is 673. The summed E-state index contributed by atoms with van der Waals surface area (Å²) in [6.07, 6.45) is 1.58. The summed E-state index contributed by atoms with van der Waals surface area (Å²) in [5, 5.41) is 4.57. The van der Waals surface area contributed by atoms with Gasteiger partial charge in [0.15, 0.2) is 0 Å². The molecule has 0 saturated heterocycles. The van der Waals surface area contributed by atoms with Crippen molar-refractivity contribution in [3.63, 3.8) is 0 Å². The van der Waals surface area contributed by atoms with Crippen LogP contribution in [0.5, 0.6) is 0 Å². The van der Waals surface area contributed by atoms with Crippen molar-refractivity contribution in [2.45, 2.75) is 12.7 Å². The van der Waals surface area contributed by atoms with Crippen molar-refractivity contribution in [3.05, 3.63) is 70.2 Å². The molecule has 0 radical (unpaired) electrons. The summed E-state index contributed by atoms with van der Waals surface area (Å²) in [6, 6.07) is 15.5. The van der Waals surface area contributed by atoms with Gasteiger partial charge in [-0.1, -0.05) is 48.0 Å². The van der Waals surface area contributed by atoms with Crippen LogP contribution in [0.4, 0.5) is 0 Å². The molecule has 0 fully saturated rings. The number of carbonyl (C=O) groups is 1. The van der Waals surface area contributed by atoms with Crippen LogP contribution in [0.1, 0.15) is 16.7 Å². The zero-order chi connectivity index (χ0) is 15.8. The smallest absolute Gasteiger partial charge is 0.250 e. The third-order valence-corrected chi connectivity index (χ3v) is 4.22. The van der Waals surface area contributed by atoms with Gasteiger partial charge in [-0.25, -0.2) is 5.43 Å². The Labute approximate surface area is 139 Å². The van der Waals surface area contributed by atoms with Gasteiger partial charge in [0.05, 0.1) is 12.0 Å². The van der Waals surface area contributed by atoms with Crippen LogP contribution >= 0.6 is 23.4 Å². The average molecular weight is 333 g/mol. The van der Waals surface area contributed by atoms with Crippen molar-refractivity contribution in [1.29, 1.82) is 0 Å². The minimum atomic E-state index is -0.114. The third-order valence-electron chi connectivity index (χ3n) is 3.00. The van der Waals surface area contributed by atoms with E-state index in [4.69, 9.17) is 11.6 Å². The van der Waals surface area contributed by atoms with Crippen LogP contribution in [0.25, 0.3) is 0 Å². The van der Waals surface area contributed by atoms with E-state index in [1.165, 1.54) is 11.1 Å². The highest BCUT2D eigenvalue weighted by Crippen LogP contribution is 2.15. The highest BCUT2D eigenvalue weighted by atomic mass is 35.5. The molecule has 0 bridgehead atoms. The molecule has 0 aromatic heterocycles. The van der Waals surface area contributed by atoms with Gasteiger partial charge in [0, 0.05) is 10.8 Å². The summed E-state index contributed by atoms with van der Waals surface area (Å²) in [5.41, 5.74) is 5.86. The first kappa shape index (κ1) is 16.6. The van der Waals surface area contributed by atoms with E-state index in [9.17, 15) is 4.79 Å². The maximum atomic E-state index is 11.7. The molecule has 1 amide bonds. The fourth-order valence-electron chi connectivity index (χ4n) is 1.82. The third kappa shape index (κ3) is 5.54. The highest BCUT2D eigenvalue weighted by Gasteiger charge is 2.02. The summed E-state index contributed by atoms with van der Waals surface area (Å²) in [6.45, 7) is 2.07. The van der Waals surface area contributed by atoms with Gasteiger partial charge in [0.2, 0.25) is 5.91 Å². The van der Waals surface area contributed by atoms with Gasteiger partial charge in [-0.15, -0.1) is 11.8 Å². The Morgan fingerprint density at radius 2 is 2.09 bits per heavy atom. The first-order valence-corrected chi connectivity index (χ1v) is 8.38. The molecule has 0 aliphatic carbocycles.